The van der Waals surface area contributed by atoms with Crippen molar-refractivity contribution in [1.82, 2.24) is 4.98 Å². The van der Waals surface area contributed by atoms with Crippen LogP contribution in [0.3, 0.4) is 0 Å². The maximum atomic E-state index is 5.37. The summed E-state index contributed by atoms with van der Waals surface area (Å²) in [6.45, 7) is 1.91. The third-order valence-electron chi connectivity index (χ3n) is 1.60. The molecular formula is C7H9NOS. The Hall–Kier alpha value is -0.440. The number of hydrogen-bond acceptors (Lipinski definition) is 3. The van der Waals surface area contributed by atoms with Gasteiger partial charge in [-0.15, -0.1) is 0 Å². The molecule has 0 aromatic carbocycles. The lowest BCUT2D eigenvalue weighted by molar-refractivity contribution is 0.489. The minimum Gasteiger partial charge on any atom is -0.445 e. The first kappa shape index (κ1) is 6.28. The maximum Gasteiger partial charge on any atom is 0.191 e. The van der Waals surface area contributed by atoms with Crippen molar-refractivity contribution in [1.29, 1.82) is 0 Å². The summed E-state index contributed by atoms with van der Waals surface area (Å²) in [6.07, 6.45) is 1.08. The third kappa shape index (κ3) is 0.944. The van der Waals surface area contributed by atoms with E-state index in [2.05, 4.69) is 4.98 Å². The van der Waals surface area contributed by atoms with Gasteiger partial charge < -0.3 is 4.42 Å². The van der Waals surface area contributed by atoms with Crippen LogP contribution in [0.25, 0.3) is 0 Å². The van der Waals surface area contributed by atoms with Gasteiger partial charge in [0.2, 0.25) is 0 Å². The molecule has 0 spiro atoms. The first-order valence-electron chi connectivity index (χ1n) is 3.39. The standard InChI is InChI=1S/C7H9NOS/c1-5-8-6-2-3-10-4-7(6)9-5/h2-4H2,1H3. The molecule has 0 aliphatic carbocycles. The van der Waals surface area contributed by atoms with E-state index >= 15 is 0 Å². The van der Waals surface area contributed by atoms with E-state index in [0.29, 0.717) is 0 Å². The molecule has 1 aliphatic rings. The van der Waals surface area contributed by atoms with Gasteiger partial charge in [-0.1, -0.05) is 0 Å². The Balaban J connectivity index is 2.41. The predicted molar refractivity (Wildman–Crippen MR) is 41.1 cm³/mol. The van der Waals surface area contributed by atoms with Crippen LogP contribution in [0.15, 0.2) is 4.42 Å². The predicted octanol–water partition coefficient (Wildman–Crippen LogP) is 1.77. The highest BCUT2D eigenvalue weighted by atomic mass is 32.2. The van der Waals surface area contributed by atoms with Gasteiger partial charge >= 0.3 is 0 Å². The van der Waals surface area contributed by atoms with E-state index in [4.69, 9.17) is 4.42 Å². The Morgan fingerprint density at radius 3 is 3.30 bits per heavy atom. The molecule has 2 heterocycles. The normalized spacial score (nSPS) is 16.9. The first-order chi connectivity index (χ1) is 4.86. The number of rotatable bonds is 0. The summed E-state index contributed by atoms with van der Waals surface area (Å²) >= 11 is 1.92. The first-order valence-corrected chi connectivity index (χ1v) is 4.54. The van der Waals surface area contributed by atoms with Crippen LogP contribution >= 0.6 is 11.8 Å². The Labute approximate surface area is 64.0 Å². The number of hydrogen-bond donors (Lipinski definition) is 0. The van der Waals surface area contributed by atoms with Crippen LogP contribution in [-0.2, 0) is 12.2 Å². The molecule has 0 saturated carbocycles. The van der Waals surface area contributed by atoms with Gasteiger partial charge in [-0.25, -0.2) is 4.98 Å². The topological polar surface area (TPSA) is 26.0 Å². The lowest BCUT2D eigenvalue weighted by Crippen LogP contribution is -1.99. The number of fused-ring (bicyclic) bond motifs is 1. The lowest BCUT2D eigenvalue weighted by Gasteiger charge is -2.05. The summed E-state index contributed by atoms with van der Waals surface area (Å²) in [7, 11) is 0. The molecule has 0 radical (unpaired) electrons. The van der Waals surface area contributed by atoms with Crippen molar-refractivity contribution < 1.29 is 4.42 Å². The zero-order valence-corrected chi connectivity index (χ0v) is 6.70. The van der Waals surface area contributed by atoms with Crippen molar-refractivity contribution >= 4 is 11.8 Å². The highest BCUT2D eigenvalue weighted by Gasteiger charge is 2.14. The summed E-state index contributed by atoms with van der Waals surface area (Å²) in [6, 6.07) is 0. The molecule has 2 rings (SSSR count). The molecule has 0 bridgehead atoms. The quantitative estimate of drug-likeness (QED) is 0.571. The molecule has 0 N–H and O–H groups in total. The van der Waals surface area contributed by atoms with E-state index in [0.717, 1.165) is 23.8 Å². The summed E-state index contributed by atoms with van der Waals surface area (Å²) in [5, 5.41) is 0. The van der Waals surface area contributed by atoms with Crippen LogP contribution in [0.1, 0.15) is 17.3 Å². The number of aromatic nitrogens is 1. The van der Waals surface area contributed by atoms with Crippen LogP contribution in [0.4, 0.5) is 0 Å². The van der Waals surface area contributed by atoms with E-state index in [1.54, 1.807) is 0 Å². The van der Waals surface area contributed by atoms with Crippen LogP contribution in [0.5, 0.6) is 0 Å². The zero-order valence-electron chi connectivity index (χ0n) is 5.89. The number of thioether (sulfide) groups is 1. The number of oxazole rings is 1. The average molecular weight is 155 g/mol. The van der Waals surface area contributed by atoms with Crippen molar-refractivity contribution in [3.8, 4) is 0 Å². The average Bonchev–Trinajstić information content (AvgIpc) is 2.27. The Morgan fingerprint density at radius 1 is 1.60 bits per heavy atom. The third-order valence-corrected chi connectivity index (χ3v) is 2.56. The van der Waals surface area contributed by atoms with Crippen molar-refractivity contribution in [3.63, 3.8) is 0 Å². The Kier molecular flexibility index (Phi) is 1.45. The van der Waals surface area contributed by atoms with Crippen molar-refractivity contribution in [2.75, 3.05) is 5.75 Å². The summed E-state index contributed by atoms with van der Waals surface area (Å²) in [4.78, 5) is 4.27. The molecule has 0 atom stereocenters. The number of nitrogens with zero attached hydrogens (tertiary/aromatic N) is 1. The van der Waals surface area contributed by atoms with Crippen LogP contribution < -0.4 is 0 Å². The summed E-state index contributed by atoms with van der Waals surface area (Å²) in [5.41, 5.74) is 1.18. The molecule has 0 unspecified atom stereocenters. The fraction of sp³-hybridized carbons (Fsp3) is 0.571. The lowest BCUT2D eigenvalue weighted by atomic mass is 10.3. The van der Waals surface area contributed by atoms with Gasteiger partial charge in [-0.3, -0.25) is 0 Å². The van der Waals surface area contributed by atoms with E-state index in [1.807, 2.05) is 18.7 Å². The van der Waals surface area contributed by atoms with E-state index in [1.165, 1.54) is 11.4 Å². The smallest absolute Gasteiger partial charge is 0.191 e. The second kappa shape index (κ2) is 2.31. The van der Waals surface area contributed by atoms with Gasteiger partial charge in [0, 0.05) is 13.3 Å². The highest BCUT2D eigenvalue weighted by molar-refractivity contribution is 7.98. The van der Waals surface area contributed by atoms with Gasteiger partial charge in [-0.2, -0.15) is 11.8 Å². The molecule has 0 amide bonds. The molecule has 1 aromatic rings. The van der Waals surface area contributed by atoms with Crippen LogP contribution in [0.2, 0.25) is 0 Å². The van der Waals surface area contributed by atoms with Crippen molar-refractivity contribution in [2.45, 2.75) is 19.1 Å². The molecule has 0 fully saturated rings. The molecule has 3 heteroatoms. The van der Waals surface area contributed by atoms with E-state index in [9.17, 15) is 0 Å². The minimum absolute atomic E-state index is 0.812. The molecular weight excluding hydrogens is 146 g/mol. The second-order valence-corrected chi connectivity index (χ2v) is 3.51. The fourth-order valence-corrected chi connectivity index (χ4v) is 2.05. The highest BCUT2D eigenvalue weighted by Crippen LogP contribution is 2.24. The maximum absolute atomic E-state index is 5.37. The Morgan fingerprint density at radius 2 is 2.50 bits per heavy atom. The molecule has 1 aliphatic heterocycles. The van der Waals surface area contributed by atoms with Gasteiger partial charge in [0.15, 0.2) is 5.89 Å². The van der Waals surface area contributed by atoms with Gasteiger partial charge in [0.1, 0.15) is 5.76 Å². The SMILES string of the molecule is Cc1nc2c(o1)CSCC2. The molecule has 54 valence electrons. The monoisotopic (exact) mass is 155 g/mol. The van der Waals surface area contributed by atoms with Crippen molar-refractivity contribution in [2.24, 2.45) is 0 Å². The summed E-state index contributed by atoms with van der Waals surface area (Å²) in [5.74, 6) is 4.11. The van der Waals surface area contributed by atoms with E-state index < -0.39 is 0 Å². The summed E-state index contributed by atoms with van der Waals surface area (Å²) < 4.78 is 5.37. The molecule has 2 nitrogen and oxygen atoms in total. The van der Waals surface area contributed by atoms with Gasteiger partial charge in [0.25, 0.3) is 0 Å². The van der Waals surface area contributed by atoms with Crippen LogP contribution in [-0.4, -0.2) is 10.7 Å². The molecule has 10 heavy (non-hydrogen) atoms. The molecule has 1 aromatic heterocycles. The molecule has 0 saturated heterocycles. The second-order valence-electron chi connectivity index (χ2n) is 2.41. The van der Waals surface area contributed by atoms with Crippen LogP contribution in [0, 0.1) is 6.92 Å². The minimum atomic E-state index is 0.812. The zero-order chi connectivity index (χ0) is 6.97. The largest absolute Gasteiger partial charge is 0.445 e. The Bertz CT molecular complexity index is 220. The fourth-order valence-electron chi connectivity index (χ4n) is 1.15. The number of aryl methyl sites for hydroxylation is 2. The van der Waals surface area contributed by atoms with Crippen molar-refractivity contribution in [3.05, 3.63) is 17.3 Å². The van der Waals surface area contributed by atoms with Gasteiger partial charge in [-0.05, 0) is 5.75 Å². The van der Waals surface area contributed by atoms with E-state index in [-0.39, 0.29) is 0 Å². The van der Waals surface area contributed by atoms with Gasteiger partial charge in [0.05, 0.1) is 11.4 Å².